The molecule has 1 aliphatic carbocycles. The SMILES string of the molecule is CC1CC(NS(=O)(=O)c2ccc(C(C)O)cc2)C1. The minimum absolute atomic E-state index is 0.0708. The number of sulfonamides is 1. The standard InChI is InChI=1S/C13H19NO3S/c1-9-7-12(8-9)14-18(16,17)13-5-3-11(4-6-13)10(2)15/h3-6,9-10,12,14-15H,7-8H2,1-2H3. The Bertz CT molecular complexity index is 502. The van der Waals surface area contributed by atoms with E-state index in [1.165, 1.54) is 12.1 Å². The normalized spacial score (nSPS) is 25.5. The Morgan fingerprint density at radius 3 is 2.28 bits per heavy atom. The molecule has 0 aliphatic heterocycles. The van der Waals surface area contributed by atoms with Crippen molar-refractivity contribution in [3.63, 3.8) is 0 Å². The highest BCUT2D eigenvalue weighted by atomic mass is 32.2. The zero-order chi connectivity index (χ0) is 13.3. The second-order valence-corrected chi connectivity index (χ2v) is 6.85. The first-order chi connectivity index (χ1) is 8.38. The molecule has 1 unspecified atom stereocenters. The second kappa shape index (κ2) is 4.99. The molecule has 1 atom stereocenters. The van der Waals surface area contributed by atoms with E-state index in [0.29, 0.717) is 11.5 Å². The van der Waals surface area contributed by atoms with Crippen LogP contribution in [0.4, 0.5) is 0 Å². The van der Waals surface area contributed by atoms with Gasteiger partial charge in [-0.15, -0.1) is 0 Å². The lowest BCUT2D eigenvalue weighted by Crippen LogP contribution is -2.43. The van der Waals surface area contributed by atoms with Crippen LogP contribution in [-0.2, 0) is 10.0 Å². The number of hydrogen-bond acceptors (Lipinski definition) is 3. The van der Waals surface area contributed by atoms with Gasteiger partial charge in [-0.25, -0.2) is 13.1 Å². The molecule has 0 radical (unpaired) electrons. The predicted molar refractivity (Wildman–Crippen MR) is 69.6 cm³/mol. The third kappa shape index (κ3) is 2.91. The van der Waals surface area contributed by atoms with Crippen LogP contribution in [-0.4, -0.2) is 19.6 Å². The van der Waals surface area contributed by atoms with E-state index < -0.39 is 16.1 Å². The van der Waals surface area contributed by atoms with Gasteiger partial charge in [0, 0.05) is 6.04 Å². The van der Waals surface area contributed by atoms with E-state index in [1.807, 2.05) is 0 Å². The fourth-order valence-corrected chi connectivity index (χ4v) is 3.47. The maximum Gasteiger partial charge on any atom is 0.240 e. The van der Waals surface area contributed by atoms with E-state index in [0.717, 1.165) is 12.8 Å². The van der Waals surface area contributed by atoms with Gasteiger partial charge in [0.1, 0.15) is 0 Å². The van der Waals surface area contributed by atoms with Crippen molar-refractivity contribution < 1.29 is 13.5 Å². The van der Waals surface area contributed by atoms with Gasteiger partial charge in [0.15, 0.2) is 0 Å². The third-order valence-corrected chi connectivity index (χ3v) is 4.90. The van der Waals surface area contributed by atoms with Crippen molar-refractivity contribution in [2.75, 3.05) is 0 Å². The Balaban J connectivity index is 2.09. The monoisotopic (exact) mass is 269 g/mol. The lowest BCUT2D eigenvalue weighted by molar-refractivity contribution is 0.199. The molecule has 2 N–H and O–H groups in total. The highest BCUT2D eigenvalue weighted by Gasteiger charge is 2.29. The van der Waals surface area contributed by atoms with Gasteiger partial charge in [0.2, 0.25) is 10.0 Å². The highest BCUT2D eigenvalue weighted by molar-refractivity contribution is 7.89. The quantitative estimate of drug-likeness (QED) is 0.876. The molecule has 0 amide bonds. The zero-order valence-electron chi connectivity index (χ0n) is 10.6. The molecule has 5 heteroatoms. The van der Waals surface area contributed by atoms with Crippen molar-refractivity contribution in [2.24, 2.45) is 5.92 Å². The summed E-state index contributed by atoms with van der Waals surface area (Å²) >= 11 is 0. The molecular formula is C13H19NO3S. The second-order valence-electron chi connectivity index (χ2n) is 5.14. The maximum absolute atomic E-state index is 12.0. The molecule has 1 aromatic carbocycles. The summed E-state index contributed by atoms with van der Waals surface area (Å²) in [6.45, 7) is 3.76. The van der Waals surface area contributed by atoms with Crippen LogP contribution >= 0.6 is 0 Å². The zero-order valence-corrected chi connectivity index (χ0v) is 11.4. The van der Waals surface area contributed by atoms with Crippen LogP contribution in [0.25, 0.3) is 0 Å². The van der Waals surface area contributed by atoms with Gasteiger partial charge in [0.05, 0.1) is 11.0 Å². The number of rotatable bonds is 4. The lowest BCUT2D eigenvalue weighted by Gasteiger charge is -2.32. The molecule has 0 spiro atoms. The smallest absolute Gasteiger partial charge is 0.240 e. The van der Waals surface area contributed by atoms with E-state index in [1.54, 1.807) is 19.1 Å². The minimum atomic E-state index is -3.42. The van der Waals surface area contributed by atoms with Crippen LogP contribution in [0.2, 0.25) is 0 Å². The summed E-state index contributed by atoms with van der Waals surface area (Å²) in [7, 11) is -3.42. The number of nitrogens with one attached hydrogen (secondary N) is 1. The van der Waals surface area contributed by atoms with Gasteiger partial charge in [-0.2, -0.15) is 0 Å². The molecule has 0 bridgehead atoms. The molecule has 0 saturated heterocycles. The summed E-state index contributed by atoms with van der Waals surface area (Å²) in [5, 5.41) is 9.37. The summed E-state index contributed by atoms with van der Waals surface area (Å²) in [4.78, 5) is 0.256. The van der Waals surface area contributed by atoms with E-state index in [9.17, 15) is 13.5 Å². The Morgan fingerprint density at radius 1 is 1.28 bits per heavy atom. The van der Waals surface area contributed by atoms with Crippen LogP contribution < -0.4 is 4.72 Å². The van der Waals surface area contributed by atoms with Crippen molar-refractivity contribution >= 4 is 10.0 Å². The maximum atomic E-state index is 12.0. The molecule has 100 valence electrons. The van der Waals surface area contributed by atoms with E-state index >= 15 is 0 Å². The van der Waals surface area contributed by atoms with E-state index in [4.69, 9.17) is 0 Å². The van der Waals surface area contributed by atoms with Crippen LogP contribution in [0.15, 0.2) is 29.2 Å². The van der Waals surface area contributed by atoms with Gasteiger partial charge < -0.3 is 5.11 Å². The van der Waals surface area contributed by atoms with Crippen LogP contribution in [0.1, 0.15) is 38.4 Å². The number of aliphatic hydroxyl groups is 1. The highest BCUT2D eigenvalue weighted by Crippen LogP contribution is 2.28. The molecular weight excluding hydrogens is 250 g/mol. The van der Waals surface area contributed by atoms with E-state index in [2.05, 4.69) is 11.6 Å². The Morgan fingerprint density at radius 2 is 1.83 bits per heavy atom. The Kier molecular flexibility index (Phi) is 3.75. The van der Waals surface area contributed by atoms with Gasteiger partial charge >= 0.3 is 0 Å². The number of benzene rings is 1. The molecule has 1 saturated carbocycles. The Hall–Kier alpha value is -0.910. The summed E-state index contributed by atoms with van der Waals surface area (Å²) in [5.74, 6) is 0.607. The molecule has 18 heavy (non-hydrogen) atoms. The third-order valence-electron chi connectivity index (χ3n) is 3.37. The predicted octanol–water partition coefficient (Wildman–Crippen LogP) is 1.82. The first-order valence-corrected chi connectivity index (χ1v) is 7.67. The summed E-state index contributed by atoms with van der Waals surface area (Å²) in [6, 6.07) is 6.42. The van der Waals surface area contributed by atoms with Gasteiger partial charge in [-0.1, -0.05) is 19.1 Å². The van der Waals surface area contributed by atoms with Crippen molar-refractivity contribution in [1.29, 1.82) is 0 Å². The molecule has 2 rings (SSSR count). The molecule has 1 aromatic rings. The molecule has 1 aliphatic rings. The van der Waals surface area contributed by atoms with Gasteiger partial charge in [-0.3, -0.25) is 0 Å². The minimum Gasteiger partial charge on any atom is -0.389 e. The van der Waals surface area contributed by atoms with Crippen molar-refractivity contribution in [2.45, 2.75) is 43.7 Å². The molecule has 0 aromatic heterocycles. The first-order valence-electron chi connectivity index (χ1n) is 6.19. The lowest BCUT2D eigenvalue weighted by atomic mass is 9.83. The van der Waals surface area contributed by atoms with Crippen LogP contribution in [0.3, 0.4) is 0 Å². The molecule has 1 fully saturated rings. The van der Waals surface area contributed by atoms with Crippen molar-refractivity contribution in [1.82, 2.24) is 4.72 Å². The largest absolute Gasteiger partial charge is 0.389 e. The average Bonchev–Trinajstić information content (AvgIpc) is 2.27. The van der Waals surface area contributed by atoms with Gasteiger partial charge in [0.25, 0.3) is 0 Å². The van der Waals surface area contributed by atoms with Crippen LogP contribution in [0, 0.1) is 5.92 Å². The van der Waals surface area contributed by atoms with E-state index in [-0.39, 0.29) is 10.9 Å². The molecule has 4 nitrogen and oxygen atoms in total. The number of aliphatic hydroxyl groups excluding tert-OH is 1. The number of hydrogen-bond donors (Lipinski definition) is 2. The average molecular weight is 269 g/mol. The summed E-state index contributed by atoms with van der Waals surface area (Å²) in [6.07, 6.45) is 1.23. The summed E-state index contributed by atoms with van der Waals surface area (Å²) < 4.78 is 26.8. The van der Waals surface area contributed by atoms with Crippen LogP contribution in [0.5, 0.6) is 0 Å². The first kappa shape index (κ1) is 13.5. The summed E-state index contributed by atoms with van der Waals surface area (Å²) in [5.41, 5.74) is 0.714. The van der Waals surface area contributed by atoms with Crippen molar-refractivity contribution in [3.8, 4) is 0 Å². The fourth-order valence-electron chi connectivity index (χ4n) is 2.21. The fraction of sp³-hybridized carbons (Fsp3) is 0.538. The Labute approximate surface area is 108 Å². The van der Waals surface area contributed by atoms with Gasteiger partial charge in [-0.05, 0) is 43.4 Å². The topological polar surface area (TPSA) is 66.4 Å². The molecule has 0 heterocycles. The van der Waals surface area contributed by atoms with Crippen molar-refractivity contribution in [3.05, 3.63) is 29.8 Å².